The molecule has 0 aromatic heterocycles. The van der Waals surface area contributed by atoms with Gasteiger partial charge in [0.15, 0.2) is 0 Å². The van der Waals surface area contributed by atoms with Crippen molar-refractivity contribution >= 4 is 82.2 Å². The third-order valence-electron chi connectivity index (χ3n) is 15.0. The van der Waals surface area contributed by atoms with Gasteiger partial charge in [0.25, 0.3) is 29.5 Å². The summed E-state index contributed by atoms with van der Waals surface area (Å²) < 4.78 is 21.9. The van der Waals surface area contributed by atoms with Gasteiger partial charge < -0.3 is 90.2 Å². The number of aldehydes is 1. The lowest BCUT2D eigenvalue weighted by molar-refractivity contribution is -0.118. The largest absolute Gasteiger partial charge is 0.496 e. The van der Waals surface area contributed by atoms with Crippen molar-refractivity contribution < 1.29 is 66.9 Å². The molecule has 5 rings (SSSR count). The van der Waals surface area contributed by atoms with Gasteiger partial charge in [0, 0.05) is 33.9 Å². The van der Waals surface area contributed by atoms with Gasteiger partial charge in [-0.3, -0.25) is 47.9 Å². The Kier molecular flexibility index (Phi) is 30.7. The van der Waals surface area contributed by atoms with Crippen LogP contribution in [0.5, 0.6) is 23.0 Å². The highest BCUT2D eigenvalue weighted by atomic mass is 16.5. The number of carbonyl (C=O) groups excluding carboxylic acids is 10. The van der Waals surface area contributed by atoms with Crippen LogP contribution in [-0.2, 0) is 19.2 Å². The highest BCUT2D eigenvalue weighted by molar-refractivity contribution is 6.08. The summed E-state index contributed by atoms with van der Waals surface area (Å²) in [4.78, 5) is 136. The summed E-state index contributed by atoms with van der Waals surface area (Å²) >= 11 is 0. The second-order valence-corrected chi connectivity index (χ2v) is 21.7. The lowest BCUT2D eigenvalue weighted by atomic mass is 10.0. The van der Waals surface area contributed by atoms with E-state index in [2.05, 4.69) is 42.5 Å². The summed E-state index contributed by atoms with van der Waals surface area (Å²) in [5.74, 6) is -5.53. The van der Waals surface area contributed by atoms with Crippen molar-refractivity contribution in [2.75, 3.05) is 75.9 Å². The van der Waals surface area contributed by atoms with Gasteiger partial charge in [0.1, 0.15) is 53.5 Å². The fourth-order valence-electron chi connectivity index (χ4n) is 9.85. The first-order valence-electron chi connectivity index (χ1n) is 30.7. The van der Waals surface area contributed by atoms with E-state index < -0.39 is 77.3 Å². The maximum Gasteiger partial charge on any atom is 0.255 e. The second kappa shape index (κ2) is 38.7. The number of rotatable bonds is 40. The van der Waals surface area contributed by atoms with Gasteiger partial charge in [-0.2, -0.15) is 0 Å². The summed E-state index contributed by atoms with van der Waals surface area (Å²) in [6.07, 6.45) is 6.98. The number of primary amides is 1. The summed E-state index contributed by atoms with van der Waals surface area (Å²) in [7, 11) is 5.41. The van der Waals surface area contributed by atoms with Gasteiger partial charge in [-0.25, -0.2) is 0 Å². The minimum atomic E-state index is -1.19. The molecule has 27 heteroatoms. The maximum atomic E-state index is 14.4. The predicted molar refractivity (Wildman–Crippen MR) is 353 cm³/mol. The smallest absolute Gasteiger partial charge is 0.255 e. The topological polar surface area (TPSA) is 434 Å². The Hall–Kier alpha value is -9.96. The average molecular weight is 1290 g/mol. The highest BCUT2D eigenvalue weighted by Gasteiger charge is 2.30. The monoisotopic (exact) mass is 1290 g/mol. The number of methoxy groups -OCH3 is 4. The van der Waals surface area contributed by atoms with E-state index in [1.807, 2.05) is 0 Å². The number of ether oxygens (including phenoxy) is 4. The molecule has 0 unspecified atom stereocenters. The van der Waals surface area contributed by atoms with E-state index in [1.54, 1.807) is 0 Å². The molecule has 0 bridgehead atoms. The molecule has 27 nitrogen and oxygen atoms in total. The molecular weight excluding hydrogens is 1200 g/mol. The number of unbranched alkanes of at least 4 members (excludes halogenated alkanes) is 6. The normalized spacial score (nSPS) is 12.1. The number of hydrogen-bond donors (Lipinski definition) is 13. The van der Waals surface area contributed by atoms with Crippen LogP contribution in [0.15, 0.2) is 97.1 Å². The Morgan fingerprint density at radius 3 is 0.914 bits per heavy atom. The van der Waals surface area contributed by atoms with Gasteiger partial charge in [-0.05, 0) is 175 Å². The zero-order chi connectivity index (χ0) is 67.8. The summed E-state index contributed by atoms with van der Waals surface area (Å²) in [6.45, 7) is 1.49. The molecular formula is C66H87N13O14. The molecule has 0 radical (unpaired) electrons. The van der Waals surface area contributed by atoms with E-state index in [9.17, 15) is 47.9 Å². The number of nitrogens with two attached hydrogens (primary N) is 5. The van der Waals surface area contributed by atoms with E-state index >= 15 is 0 Å². The van der Waals surface area contributed by atoms with Crippen LogP contribution in [0.25, 0.3) is 0 Å². The van der Waals surface area contributed by atoms with Crippen LogP contribution in [0.3, 0.4) is 0 Å². The number of amides is 9. The Morgan fingerprint density at radius 1 is 0.366 bits per heavy atom. The Balaban J connectivity index is 1.34. The van der Waals surface area contributed by atoms with Crippen molar-refractivity contribution in [3.8, 4) is 23.0 Å². The van der Waals surface area contributed by atoms with Crippen molar-refractivity contribution in [1.82, 2.24) is 21.3 Å². The molecule has 0 saturated heterocycles. The molecule has 0 fully saturated rings. The van der Waals surface area contributed by atoms with E-state index in [0.717, 1.165) is 0 Å². The van der Waals surface area contributed by atoms with E-state index in [1.165, 1.54) is 126 Å². The predicted octanol–water partition coefficient (Wildman–Crippen LogP) is 4.88. The fourth-order valence-corrected chi connectivity index (χ4v) is 9.85. The third-order valence-corrected chi connectivity index (χ3v) is 15.0. The summed E-state index contributed by atoms with van der Waals surface area (Å²) in [5.41, 5.74) is 29.8. The standard InChI is InChI=1S/C66H87N13O14/c1-90-54-27-23-42(35-46(54)58(71)81)72-64(87)51(15-7-5-11-31-67)77-60(83)48-38-45(26-30-56(48)92-3)75-66(89)53(18-10-14-34-70)79-62(85)49-37-44(25-29-57(49)93-4)74-65(88)52(16-8-6-12-32-68)78-61(84)47-36-43(24-28-55(47)91-2)73-63(86)50(17-9-13-33-69)76-59(82)41-21-19-40(39-80)20-22-41/h19-30,35-39,50-53H,5-18,31-34,67-70H2,1-4H3,(H2,71,81)(H,72,87)(H,73,86)(H,74,88)(H,75,89)(H,76,82)(H,77,83)(H,78,84)(H,79,85)/t50-,51-,52-,53-/m0/s1. The molecule has 5 aromatic carbocycles. The van der Waals surface area contributed by atoms with Crippen LogP contribution in [0, 0.1) is 0 Å². The van der Waals surface area contributed by atoms with Gasteiger partial charge >= 0.3 is 0 Å². The molecule has 18 N–H and O–H groups in total. The van der Waals surface area contributed by atoms with Crippen LogP contribution in [-0.4, -0.2) is 138 Å². The number of benzene rings is 5. The lowest BCUT2D eigenvalue weighted by Gasteiger charge is -2.22. The summed E-state index contributed by atoms with van der Waals surface area (Å²) in [5, 5.41) is 22.2. The molecule has 0 saturated carbocycles. The fraction of sp³-hybridized carbons (Fsp3) is 0.394. The molecule has 0 aliphatic carbocycles. The highest BCUT2D eigenvalue weighted by Crippen LogP contribution is 2.29. The first kappa shape index (κ1) is 73.8. The van der Waals surface area contributed by atoms with Gasteiger partial charge in [0.05, 0.1) is 50.7 Å². The van der Waals surface area contributed by atoms with Crippen molar-refractivity contribution in [3.63, 3.8) is 0 Å². The molecule has 93 heavy (non-hydrogen) atoms. The number of carbonyl (C=O) groups is 10. The number of hydrogen-bond acceptors (Lipinski definition) is 18. The van der Waals surface area contributed by atoms with E-state index in [4.69, 9.17) is 47.6 Å². The molecule has 4 atom stereocenters. The minimum Gasteiger partial charge on any atom is -0.496 e. The van der Waals surface area contributed by atoms with Gasteiger partial charge in [-0.15, -0.1) is 0 Å². The van der Waals surface area contributed by atoms with Crippen LogP contribution in [0.2, 0.25) is 0 Å². The molecule has 5 aromatic rings. The molecule has 0 heterocycles. The third kappa shape index (κ3) is 22.7. The molecule has 0 spiro atoms. The van der Waals surface area contributed by atoms with Crippen molar-refractivity contribution in [3.05, 3.63) is 130 Å². The van der Waals surface area contributed by atoms with Crippen LogP contribution < -0.4 is 90.2 Å². The Bertz CT molecular complexity index is 3380. The van der Waals surface area contributed by atoms with Crippen molar-refractivity contribution in [2.45, 2.75) is 114 Å². The van der Waals surface area contributed by atoms with Crippen LogP contribution in [0.4, 0.5) is 22.7 Å². The number of anilines is 4. The maximum absolute atomic E-state index is 14.4. The lowest BCUT2D eigenvalue weighted by Crippen LogP contribution is -2.44. The Morgan fingerprint density at radius 2 is 0.634 bits per heavy atom. The SMILES string of the molecule is COc1ccc(NC(=O)[C@H](CCCCCN)NC(=O)c2cc(NC(=O)[C@H](CCCCN)NC(=O)c3cc(NC(=O)[C@H](CCCCCN)NC(=O)c4cc(NC(=O)[C@H](CCCCN)NC(=O)c5ccc(C=O)cc5)ccc4OC)ccc3OC)ccc2OC)cc1C(N)=O. The van der Waals surface area contributed by atoms with Crippen LogP contribution in [0.1, 0.15) is 152 Å². The molecule has 500 valence electrons. The first-order valence-corrected chi connectivity index (χ1v) is 30.7. The molecule has 0 aliphatic rings. The molecule has 0 aliphatic heterocycles. The van der Waals surface area contributed by atoms with E-state index in [0.29, 0.717) is 102 Å². The first-order chi connectivity index (χ1) is 44.8. The minimum absolute atomic E-state index is 0.0310. The zero-order valence-corrected chi connectivity index (χ0v) is 53.0. The quantitative estimate of drug-likeness (QED) is 0.0184. The summed E-state index contributed by atoms with van der Waals surface area (Å²) in [6, 6.07) is 18.8. The van der Waals surface area contributed by atoms with Crippen LogP contribution >= 0.6 is 0 Å². The van der Waals surface area contributed by atoms with Crippen molar-refractivity contribution in [1.29, 1.82) is 0 Å². The second-order valence-electron chi connectivity index (χ2n) is 21.7. The van der Waals surface area contributed by atoms with Gasteiger partial charge in [0.2, 0.25) is 23.6 Å². The van der Waals surface area contributed by atoms with Crippen molar-refractivity contribution in [2.24, 2.45) is 28.7 Å². The van der Waals surface area contributed by atoms with E-state index in [-0.39, 0.29) is 99.2 Å². The van der Waals surface area contributed by atoms with Gasteiger partial charge in [-0.1, -0.05) is 37.8 Å². The molecule has 9 amide bonds. The average Bonchev–Trinajstić information content (AvgIpc) is 0.944. The number of nitrogens with one attached hydrogen (secondary N) is 8. The Labute approximate surface area is 540 Å². The zero-order valence-electron chi connectivity index (χ0n) is 53.0.